The van der Waals surface area contributed by atoms with Crippen LogP contribution in [0.2, 0.25) is 0 Å². The van der Waals surface area contributed by atoms with E-state index in [-0.39, 0.29) is 5.38 Å². The summed E-state index contributed by atoms with van der Waals surface area (Å²) >= 11 is 8.01. The van der Waals surface area contributed by atoms with E-state index in [1.807, 2.05) is 19.2 Å². The maximum absolute atomic E-state index is 6.28. The minimum absolute atomic E-state index is 0.119. The van der Waals surface area contributed by atoms with E-state index < -0.39 is 0 Å². The summed E-state index contributed by atoms with van der Waals surface area (Å²) in [6, 6.07) is 4.15. The van der Waals surface area contributed by atoms with E-state index in [0.717, 1.165) is 35.5 Å². The Morgan fingerprint density at radius 1 is 1.40 bits per heavy atom. The first-order valence-corrected chi connectivity index (χ1v) is 8.01. The number of hydrogen-bond acceptors (Lipinski definition) is 3. The van der Waals surface area contributed by atoms with Gasteiger partial charge >= 0.3 is 0 Å². The number of alkyl halides is 1. The van der Waals surface area contributed by atoms with Crippen LogP contribution in [0.4, 0.5) is 0 Å². The summed E-state index contributed by atoms with van der Waals surface area (Å²) in [6.45, 7) is 4.87. The molecule has 0 amide bonds. The fraction of sp³-hybridized carbons (Fsp3) is 0.333. The maximum atomic E-state index is 6.28. The van der Waals surface area contributed by atoms with Crippen LogP contribution in [0.3, 0.4) is 0 Å². The number of imidazole rings is 1. The third kappa shape index (κ3) is 2.45. The molecule has 5 heteroatoms. The van der Waals surface area contributed by atoms with Gasteiger partial charge in [0.15, 0.2) is 5.65 Å². The molecular weight excluding hydrogens is 290 g/mol. The van der Waals surface area contributed by atoms with E-state index in [1.165, 1.54) is 5.56 Å². The summed E-state index contributed by atoms with van der Waals surface area (Å²) in [5, 5.41) is 4.17. The van der Waals surface area contributed by atoms with E-state index in [1.54, 1.807) is 11.3 Å². The van der Waals surface area contributed by atoms with Gasteiger partial charge in [-0.1, -0.05) is 0 Å². The zero-order valence-corrected chi connectivity index (χ0v) is 13.1. The minimum Gasteiger partial charge on any atom is -0.311 e. The van der Waals surface area contributed by atoms with Gasteiger partial charge < -0.3 is 4.57 Å². The second-order valence-electron chi connectivity index (χ2n) is 4.92. The van der Waals surface area contributed by atoms with Crippen molar-refractivity contribution in [3.63, 3.8) is 0 Å². The normalized spacial score (nSPS) is 12.9. The van der Waals surface area contributed by atoms with Gasteiger partial charge in [-0.15, -0.1) is 11.6 Å². The second kappa shape index (κ2) is 5.54. The van der Waals surface area contributed by atoms with E-state index in [0.29, 0.717) is 0 Å². The molecule has 104 valence electrons. The molecule has 0 N–H and O–H groups in total. The zero-order chi connectivity index (χ0) is 14.1. The van der Waals surface area contributed by atoms with Crippen molar-refractivity contribution < 1.29 is 0 Å². The SMILES string of the molecule is Cc1ccnc2c1nc(C(C)Cl)n2CCc1ccsc1. The highest BCUT2D eigenvalue weighted by molar-refractivity contribution is 7.07. The predicted octanol–water partition coefficient (Wildman–Crippen LogP) is 4.34. The smallest absolute Gasteiger partial charge is 0.160 e. The molecule has 20 heavy (non-hydrogen) atoms. The number of aromatic nitrogens is 3. The van der Waals surface area contributed by atoms with Gasteiger partial charge in [0.1, 0.15) is 11.3 Å². The summed E-state index contributed by atoms with van der Waals surface area (Å²) in [5.74, 6) is 0.902. The maximum Gasteiger partial charge on any atom is 0.160 e. The number of halogens is 1. The molecule has 0 aliphatic heterocycles. The van der Waals surface area contributed by atoms with E-state index in [2.05, 4.69) is 38.3 Å². The minimum atomic E-state index is -0.119. The summed E-state index contributed by atoms with van der Waals surface area (Å²) in [6.07, 6.45) is 2.81. The Morgan fingerprint density at radius 3 is 2.95 bits per heavy atom. The highest BCUT2D eigenvalue weighted by Crippen LogP contribution is 2.25. The van der Waals surface area contributed by atoms with Crippen LogP contribution in [0.25, 0.3) is 11.2 Å². The average Bonchev–Trinajstić information content (AvgIpc) is 3.03. The number of pyridine rings is 1. The molecule has 3 aromatic rings. The molecule has 3 heterocycles. The molecule has 0 bridgehead atoms. The first kappa shape index (κ1) is 13.6. The number of fused-ring (bicyclic) bond motifs is 1. The van der Waals surface area contributed by atoms with Gasteiger partial charge in [0.05, 0.1) is 5.38 Å². The Hall–Kier alpha value is -1.39. The molecule has 0 aliphatic rings. The van der Waals surface area contributed by atoms with Gasteiger partial charge in [0.25, 0.3) is 0 Å². The topological polar surface area (TPSA) is 30.7 Å². The average molecular weight is 306 g/mol. The van der Waals surface area contributed by atoms with Gasteiger partial charge in [0, 0.05) is 12.7 Å². The summed E-state index contributed by atoms with van der Waals surface area (Å²) < 4.78 is 2.15. The third-order valence-electron chi connectivity index (χ3n) is 3.43. The Kier molecular flexibility index (Phi) is 3.76. The molecule has 3 aromatic heterocycles. The van der Waals surface area contributed by atoms with Gasteiger partial charge in [-0.05, 0) is 54.3 Å². The number of rotatable bonds is 4. The van der Waals surface area contributed by atoms with Crippen molar-refractivity contribution >= 4 is 34.1 Å². The Balaban J connectivity index is 2.02. The zero-order valence-electron chi connectivity index (χ0n) is 11.5. The standard InChI is InChI=1S/C15H16ClN3S/c1-10-3-6-17-15-13(10)18-14(11(2)16)19(15)7-4-12-5-8-20-9-12/h3,5-6,8-9,11H,4,7H2,1-2H3. The molecule has 0 aromatic carbocycles. The van der Waals surface area contributed by atoms with Crippen LogP contribution in [0.1, 0.15) is 29.3 Å². The Morgan fingerprint density at radius 2 is 2.25 bits per heavy atom. The number of aryl methyl sites for hydroxylation is 3. The van der Waals surface area contributed by atoms with Gasteiger partial charge in [0.2, 0.25) is 0 Å². The van der Waals surface area contributed by atoms with E-state index >= 15 is 0 Å². The first-order valence-electron chi connectivity index (χ1n) is 6.63. The molecule has 1 atom stereocenters. The van der Waals surface area contributed by atoms with Gasteiger partial charge in [-0.2, -0.15) is 11.3 Å². The molecule has 0 saturated heterocycles. The van der Waals surface area contributed by atoms with Crippen LogP contribution >= 0.6 is 22.9 Å². The van der Waals surface area contributed by atoms with Crippen molar-refractivity contribution in [3.8, 4) is 0 Å². The Bertz CT molecular complexity index is 716. The van der Waals surface area contributed by atoms with E-state index in [9.17, 15) is 0 Å². The fourth-order valence-electron chi connectivity index (χ4n) is 2.36. The number of thiophene rings is 1. The quantitative estimate of drug-likeness (QED) is 0.671. The summed E-state index contributed by atoms with van der Waals surface area (Å²) in [4.78, 5) is 9.17. The number of nitrogens with zero attached hydrogens (tertiary/aromatic N) is 3. The second-order valence-corrected chi connectivity index (χ2v) is 6.35. The molecule has 0 aliphatic carbocycles. The molecule has 0 radical (unpaired) electrons. The lowest BCUT2D eigenvalue weighted by atomic mass is 10.2. The van der Waals surface area contributed by atoms with Crippen molar-refractivity contribution in [2.24, 2.45) is 0 Å². The lowest BCUT2D eigenvalue weighted by Gasteiger charge is -2.09. The van der Waals surface area contributed by atoms with Crippen molar-refractivity contribution in [2.75, 3.05) is 0 Å². The first-order chi connectivity index (χ1) is 9.66. The van der Waals surface area contributed by atoms with Crippen LogP contribution < -0.4 is 0 Å². The van der Waals surface area contributed by atoms with Crippen LogP contribution in [-0.4, -0.2) is 14.5 Å². The van der Waals surface area contributed by atoms with Crippen LogP contribution in [0.5, 0.6) is 0 Å². The van der Waals surface area contributed by atoms with Gasteiger partial charge in [-0.3, -0.25) is 0 Å². The molecule has 3 nitrogen and oxygen atoms in total. The highest BCUT2D eigenvalue weighted by atomic mass is 35.5. The molecule has 0 spiro atoms. The fourth-order valence-corrected chi connectivity index (χ4v) is 3.22. The van der Waals surface area contributed by atoms with E-state index in [4.69, 9.17) is 11.6 Å². The largest absolute Gasteiger partial charge is 0.311 e. The summed E-state index contributed by atoms with van der Waals surface area (Å²) in [7, 11) is 0. The lowest BCUT2D eigenvalue weighted by Crippen LogP contribution is -2.07. The molecule has 1 unspecified atom stereocenters. The van der Waals surface area contributed by atoms with Crippen LogP contribution in [0, 0.1) is 6.92 Å². The Labute approximate surface area is 127 Å². The van der Waals surface area contributed by atoms with Crippen LogP contribution in [0.15, 0.2) is 29.1 Å². The molecule has 0 saturated carbocycles. The molecule has 3 rings (SSSR count). The molecular formula is C15H16ClN3S. The van der Waals surface area contributed by atoms with Crippen molar-refractivity contribution in [1.29, 1.82) is 0 Å². The predicted molar refractivity (Wildman–Crippen MR) is 84.6 cm³/mol. The van der Waals surface area contributed by atoms with Gasteiger partial charge in [-0.25, -0.2) is 9.97 Å². The highest BCUT2D eigenvalue weighted by Gasteiger charge is 2.16. The van der Waals surface area contributed by atoms with Crippen molar-refractivity contribution in [2.45, 2.75) is 32.2 Å². The summed E-state index contributed by atoms with van der Waals surface area (Å²) in [5.41, 5.74) is 4.38. The van der Waals surface area contributed by atoms with Crippen LogP contribution in [-0.2, 0) is 13.0 Å². The third-order valence-corrected chi connectivity index (χ3v) is 4.35. The lowest BCUT2D eigenvalue weighted by molar-refractivity contribution is 0.664. The number of hydrogen-bond donors (Lipinski definition) is 0. The molecule has 0 fully saturated rings. The van der Waals surface area contributed by atoms with Crippen molar-refractivity contribution in [3.05, 3.63) is 46.0 Å². The van der Waals surface area contributed by atoms with Crippen molar-refractivity contribution in [1.82, 2.24) is 14.5 Å². The monoisotopic (exact) mass is 305 g/mol.